The monoisotopic (exact) mass is 439 g/mol. The molecular formula is C23H25N3O4S. The predicted molar refractivity (Wildman–Crippen MR) is 122 cm³/mol. The van der Waals surface area contributed by atoms with Gasteiger partial charge in [0.1, 0.15) is 11.3 Å². The van der Waals surface area contributed by atoms with Crippen molar-refractivity contribution in [2.75, 3.05) is 4.72 Å². The first-order valence-corrected chi connectivity index (χ1v) is 11.5. The number of rotatable bonds is 5. The van der Waals surface area contributed by atoms with E-state index >= 15 is 0 Å². The summed E-state index contributed by atoms with van der Waals surface area (Å²) in [5.74, 6) is 0.859. The van der Waals surface area contributed by atoms with Crippen molar-refractivity contribution in [3.05, 3.63) is 75.9 Å². The predicted octanol–water partition coefficient (Wildman–Crippen LogP) is 4.46. The molecule has 7 nitrogen and oxygen atoms in total. The second-order valence-corrected chi connectivity index (χ2v) is 9.69. The first kappa shape index (κ1) is 21.0. The van der Waals surface area contributed by atoms with Crippen molar-refractivity contribution in [2.45, 2.75) is 38.5 Å². The molecule has 8 heteroatoms. The Hall–Kier alpha value is -3.26. The van der Waals surface area contributed by atoms with E-state index in [2.05, 4.69) is 4.72 Å². The van der Waals surface area contributed by atoms with Gasteiger partial charge >= 0.3 is 0 Å². The average Bonchev–Trinajstić information content (AvgIpc) is 3.17. The summed E-state index contributed by atoms with van der Waals surface area (Å²) in [5, 5.41) is 0.826. The van der Waals surface area contributed by atoms with Gasteiger partial charge in [0.2, 0.25) is 0 Å². The molecule has 0 bridgehead atoms. The molecule has 2 aromatic heterocycles. The number of anilines is 1. The summed E-state index contributed by atoms with van der Waals surface area (Å²) in [7, 11) is -1.96. The maximum absolute atomic E-state index is 12.9. The molecule has 0 amide bonds. The summed E-state index contributed by atoms with van der Waals surface area (Å²) in [6.45, 7) is 7.72. The van der Waals surface area contributed by atoms with E-state index in [0.717, 1.165) is 22.4 Å². The van der Waals surface area contributed by atoms with Gasteiger partial charge in [-0.05, 0) is 68.3 Å². The molecule has 0 unspecified atom stereocenters. The van der Waals surface area contributed by atoms with Gasteiger partial charge in [-0.3, -0.25) is 14.2 Å². The van der Waals surface area contributed by atoms with E-state index in [0.29, 0.717) is 17.0 Å². The van der Waals surface area contributed by atoms with Gasteiger partial charge < -0.3 is 4.42 Å². The lowest BCUT2D eigenvalue weighted by molar-refractivity contribution is 0.578. The normalized spacial score (nSPS) is 12.1. The van der Waals surface area contributed by atoms with E-state index in [-0.39, 0.29) is 16.4 Å². The van der Waals surface area contributed by atoms with Crippen LogP contribution < -0.4 is 10.3 Å². The first-order valence-electron chi connectivity index (χ1n) is 10.0. The Kier molecular flexibility index (Phi) is 5.05. The van der Waals surface area contributed by atoms with Crippen molar-refractivity contribution in [3.8, 4) is 5.69 Å². The van der Waals surface area contributed by atoms with Gasteiger partial charge in [-0.15, -0.1) is 0 Å². The summed E-state index contributed by atoms with van der Waals surface area (Å²) in [6, 6.07) is 13.3. The minimum absolute atomic E-state index is 0.0903. The fourth-order valence-corrected chi connectivity index (χ4v) is 4.95. The van der Waals surface area contributed by atoms with Crippen LogP contribution in [0.3, 0.4) is 0 Å². The van der Waals surface area contributed by atoms with Gasteiger partial charge in [0.15, 0.2) is 0 Å². The molecule has 0 aliphatic carbocycles. The number of benzene rings is 2. The van der Waals surface area contributed by atoms with Crippen LogP contribution in [0, 0.1) is 13.8 Å². The first-order chi connectivity index (χ1) is 14.6. The maximum atomic E-state index is 12.9. The third-order valence-electron chi connectivity index (χ3n) is 5.46. The molecule has 31 heavy (non-hydrogen) atoms. The number of fused-ring (bicyclic) bond motifs is 1. The second kappa shape index (κ2) is 7.46. The lowest BCUT2D eigenvalue weighted by Gasteiger charge is -2.11. The van der Waals surface area contributed by atoms with Crippen LogP contribution in [0.5, 0.6) is 0 Å². The fraction of sp³-hybridized carbons (Fsp3) is 0.261. The van der Waals surface area contributed by atoms with Gasteiger partial charge in [-0.2, -0.15) is 0 Å². The highest BCUT2D eigenvalue weighted by molar-refractivity contribution is 7.92. The molecule has 0 fully saturated rings. The molecule has 2 aromatic carbocycles. The van der Waals surface area contributed by atoms with Crippen LogP contribution in [0.15, 0.2) is 62.6 Å². The molecule has 0 aliphatic rings. The molecule has 162 valence electrons. The number of aryl methyl sites for hydroxylation is 1. The Labute approximate surface area is 181 Å². The van der Waals surface area contributed by atoms with Crippen LogP contribution in [-0.2, 0) is 17.1 Å². The minimum Gasteiger partial charge on any atom is -0.461 e. The fourth-order valence-electron chi connectivity index (χ4n) is 3.90. The van der Waals surface area contributed by atoms with Gasteiger partial charge in [0.05, 0.1) is 10.6 Å². The number of nitrogens with zero attached hydrogens (tertiary/aromatic N) is 2. The van der Waals surface area contributed by atoms with Crippen molar-refractivity contribution in [3.63, 3.8) is 0 Å². The standard InChI is InChI=1S/C23H25N3O4S/c1-14(2)22-16(4)25(5)26(23(22)27)19-7-9-20(10-8-19)31(28,29)24-18-6-11-21-17(13-18)12-15(3)30-21/h6-14,24H,1-5H3. The summed E-state index contributed by atoms with van der Waals surface area (Å²) < 4.78 is 37.2. The zero-order valence-corrected chi connectivity index (χ0v) is 18.9. The highest BCUT2D eigenvalue weighted by Gasteiger charge is 2.20. The minimum atomic E-state index is -3.79. The van der Waals surface area contributed by atoms with Crippen LogP contribution in [0.1, 0.15) is 36.8 Å². The molecular weight excluding hydrogens is 414 g/mol. The van der Waals surface area contributed by atoms with Crippen LogP contribution in [0.25, 0.3) is 16.7 Å². The van der Waals surface area contributed by atoms with E-state index in [9.17, 15) is 13.2 Å². The summed E-state index contributed by atoms with van der Waals surface area (Å²) >= 11 is 0. The molecule has 0 spiro atoms. The Morgan fingerprint density at radius 3 is 2.29 bits per heavy atom. The van der Waals surface area contributed by atoms with Crippen LogP contribution >= 0.6 is 0 Å². The molecule has 4 rings (SSSR count). The number of furan rings is 1. The zero-order chi connectivity index (χ0) is 22.5. The quantitative estimate of drug-likeness (QED) is 0.497. The van der Waals surface area contributed by atoms with Crippen molar-refractivity contribution in [1.29, 1.82) is 0 Å². The lowest BCUT2D eigenvalue weighted by atomic mass is 10.0. The van der Waals surface area contributed by atoms with Crippen LogP contribution in [0.2, 0.25) is 0 Å². The number of hydrogen-bond donors (Lipinski definition) is 1. The Morgan fingerprint density at radius 2 is 1.68 bits per heavy atom. The van der Waals surface area contributed by atoms with Crippen molar-refractivity contribution < 1.29 is 12.8 Å². The third-order valence-corrected chi connectivity index (χ3v) is 6.86. The average molecular weight is 440 g/mol. The molecule has 4 aromatic rings. The van der Waals surface area contributed by atoms with Gasteiger partial charge in [-0.1, -0.05) is 13.8 Å². The van der Waals surface area contributed by atoms with E-state index < -0.39 is 10.0 Å². The highest BCUT2D eigenvalue weighted by Crippen LogP contribution is 2.25. The molecule has 1 N–H and O–H groups in total. The number of sulfonamides is 1. The molecule has 0 atom stereocenters. The lowest BCUT2D eigenvalue weighted by Crippen LogP contribution is -2.21. The Bertz CT molecular complexity index is 1440. The number of nitrogens with one attached hydrogen (secondary N) is 1. The van der Waals surface area contributed by atoms with Crippen LogP contribution in [0.4, 0.5) is 5.69 Å². The molecule has 0 aliphatic heterocycles. The smallest absolute Gasteiger partial charge is 0.275 e. The highest BCUT2D eigenvalue weighted by atomic mass is 32.2. The maximum Gasteiger partial charge on any atom is 0.275 e. The largest absolute Gasteiger partial charge is 0.461 e. The van der Waals surface area contributed by atoms with E-state index in [1.54, 1.807) is 39.7 Å². The summed E-state index contributed by atoms with van der Waals surface area (Å²) in [4.78, 5) is 13.0. The molecule has 0 saturated carbocycles. The van der Waals surface area contributed by atoms with Crippen molar-refractivity contribution in [2.24, 2.45) is 7.05 Å². The Balaban J connectivity index is 1.66. The SMILES string of the molecule is Cc1cc2cc(NS(=O)(=O)c3ccc(-n4c(=O)c(C(C)C)c(C)n4C)cc3)ccc2o1. The van der Waals surface area contributed by atoms with Gasteiger partial charge in [-0.25, -0.2) is 13.1 Å². The third kappa shape index (κ3) is 3.67. The van der Waals surface area contributed by atoms with Crippen LogP contribution in [-0.4, -0.2) is 17.8 Å². The molecule has 2 heterocycles. The van der Waals surface area contributed by atoms with E-state index in [4.69, 9.17) is 4.42 Å². The molecule has 0 saturated heterocycles. The molecule has 0 radical (unpaired) electrons. The second-order valence-electron chi connectivity index (χ2n) is 8.00. The number of aromatic nitrogens is 2. The Morgan fingerprint density at radius 1 is 1.00 bits per heavy atom. The van der Waals surface area contributed by atoms with E-state index in [1.165, 1.54) is 12.1 Å². The zero-order valence-electron chi connectivity index (χ0n) is 18.1. The van der Waals surface area contributed by atoms with Crippen molar-refractivity contribution >= 4 is 26.7 Å². The summed E-state index contributed by atoms with van der Waals surface area (Å²) in [5.41, 5.74) is 3.32. The summed E-state index contributed by atoms with van der Waals surface area (Å²) in [6.07, 6.45) is 0. The van der Waals surface area contributed by atoms with E-state index in [1.807, 2.05) is 40.8 Å². The van der Waals surface area contributed by atoms with Gasteiger partial charge in [0, 0.05) is 29.4 Å². The van der Waals surface area contributed by atoms with Gasteiger partial charge in [0.25, 0.3) is 15.6 Å². The topological polar surface area (TPSA) is 86.2 Å². The van der Waals surface area contributed by atoms with Crippen molar-refractivity contribution in [1.82, 2.24) is 9.36 Å². The number of hydrogen-bond acceptors (Lipinski definition) is 4.